The van der Waals surface area contributed by atoms with E-state index in [0.717, 1.165) is 24.8 Å². The smallest absolute Gasteiger partial charge is 0.224 e. The number of nitrogens with zero attached hydrogens (tertiary/aromatic N) is 1. The quantitative estimate of drug-likeness (QED) is 0.546. The van der Waals surface area contributed by atoms with Gasteiger partial charge in [-0.25, -0.2) is 12.7 Å². The Morgan fingerprint density at radius 3 is 2.32 bits per heavy atom. The summed E-state index contributed by atoms with van der Waals surface area (Å²) in [7, 11) is -3.58. The molecule has 0 aromatic heterocycles. The molecular weight excluding hydrogens is 330 g/mol. The first-order valence-corrected chi connectivity index (χ1v) is 10.1. The molecule has 0 amide bonds. The lowest BCUT2D eigenvalue weighted by Crippen LogP contribution is -2.27. The first-order valence-electron chi connectivity index (χ1n) is 8.66. The van der Waals surface area contributed by atoms with Gasteiger partial charge in [0.1, 0.15) is 0 Å². The van der Waals surface area contributed by atoms with E-state index in [1.54, 1.807) is 12.1 Å². The normalized spacial score (nSPS) is 10.8. The second-order valence-corrected chi connectivity index (χ2v) is 7.88. The lowest BCUT2D eigenvalue weighted by atomic mass is 10.1. The summed E-state index contributed by atoms with van der Waals surface area (Å²) in [5.74, 6) is 3.03. The zero-order valence-corrected chi connectivity index (χ0v) is 15.7. The maximum Gasteiger partial charge on any atom is 0.270 e. The van der Waals surface area contributed by atoms with Crippen LogP contribution < -0.4 is 0 Å². The van der Waals surface area contributed by atoms with Gasteiger partial charge < -0.3 is 0 Å². The molecule has 2 aromatic carbocycles. The molecule has 0 saturated carbocycles. The largest absolute Gasteiger partial charge is 0.270 e. The number of aryl methyl sites for hydroxylation is 2. The van der Waals surface area contributed by atoms with Crippen molar-refractivity contribution in [3.8, 4) is 12.0 Å². The van der Waals surface area contributed by atoms with Gasteiger partial charge in [0.15, 0.2) is 0 Å². The van der Waals surface area contributed by atoms with Gasteiger partial charge >= 0.3 is 0 Å². The highest BCUT2D eigenvalue weighted by Gasteiger charge is 2.21. The van der Waals surface area contributed by atoms with Gasteiger partial charge in [-0.3, -0.25) is 0 Å². The van der Waals surface area contributed by atoms with Crippen LogP contribution in [-0.4, -0.2) is 19.3 Å². The monoisotopic (exact) mass is 355 g/mol. The first kappa shape index (κ1) is 19.1. The van der Waals surface area contributed by atoms with Crippen molar-refractivity contribution >= 4 is 10.0 Å². The summed E-state index contributed by atoms with van der Waals surface area (Å²) in [6, 6.07) is 19.9. The second-order valence-electron chi connectivity index (χ2n) is 6.02. The van der Waals surface area contributed by atoms with Crippen molar-refractivity contribution in [3.63, 3.8) is 0 Å². The van der Waals surface area contributed by atoms with Crippen LogP contribution in [0, 0.1) is 18.9 Å². The van der Waals surface area contributed by atoms with Crippen molar-refractivity contribution in [2.45, 2.75) is 44.4 Å². The number of rotatable bonds is 7. The van der Waals surface area contributed by atoms with E-state index in [9.17, 15) is 8.42 Å². The molecule has 0 N–H and O–H groups in total. The second kappa shape index (κ2) is 9.29. The third-order valence-electron chi connectivity index (χ3n) is 3.91. The molecule has 2 rings (SSSR count). The van der Waals surface area contributed by atoms with E-state index in [4.69, 9.17) is 0 Å². The van der Waals surface area contributed by atoms with Gasteiger partial charge in [0, 0.05) is 19.0 Å². The van der Waals surface area contributed by atoms with Gasteiger partial charge in [0.25, 0.3) is 10.0 Å². The molecule has 0 aliphatic heterocycles. The van der Waals surface area contributed by atoms with Crippen molar-refractivity contribution < 1.29 is 8.42 Å². The SMILES string of the molecule is CCCCN(C#CCCc1ccccc1)S(=O)(=O)c1ccc(C)cc1. The molecule has 0 unspecified atom stereocenters. The summed E-state index contributed by atoms with van der Waals surface area (Å²) in [5, 5.41) is 0. The highest BCUT2D eigenvalue weighted by molar-refractivity contribution is 7.89. The molecule has 0 aliphatic rings. The van der Waals surface area contributed by atoms with Crippen molar-refractivity contribution in [3.05, 3.63) is 65.7 Å². The summed E-state index contributed by atoms with van der Waals surface area (Å²) >= 11 is 0. The highest BCUT2D eigenvalue weighted by Crippen LogP contribution is 2.16. The van der Waals surface area contributed by atoms with E-state index >= 15 is 0 Å². The van der Waals surface area contributed by atoms with Crippen molar-refractivity contribution in [1.29, 1.82) is 0 Å². The van der Waals surface area contributed by atoms with E-state index in [2.05, 4.69) is 24.1 Å². The van der Waals surface area contributed by atoms with Crippen LogP contribution in [-0.2, 0) is 16.4 Å². The molecule has 4 heteroatoms. The van der Waals surface area contributed by atoms with Crippen LogP contribution in [0.1, 0.15) is 37.3 Å². The molecule has 25 heavy (non-hydrogen) atoms. The molecule has 0 aliphatic carbocycles. The Bertz CT molecular complexity index is 816. The lowest BCUT2D eigenvalue weighted by Gasteiger charge is -2.17. The zero-order chi connectivity index (χ0) is 18.1. The van der Waals surface area contributed by atoms with Gasteiger partial charge in [-0.2, -0.15) is 0 Å². The van der Waals surface area contributed by atoms with E-state index in [0.29, 0.717) is 17.9 Å². The van der Waals surface area contributed by atoms with Crippen molar-refractivity contribution in [2.75, 3.05) is 6.54 Å². The topological polar surface area (TPSA) is 37.4 Å². The fourth-order valence-corrected chi connectivity index (χ4v) is 3.66. The summed E-state index contributed by atoms with van der Waals surface area (Å²) < 4.78 is 27.0. The summed E-state index contributed by atoms with van der Waals surface area (Å²) in [6.07, 6.45) is 3.17. The Morgan fingerprint density at radius 2 is 1.68 bits per heavy atom. The Morgan fingerprint density at radius 1 is 1.00 bits per heavy atom. The number of unbranched alkanes of at least 4 members (excludes halogenated alkanes) is 1. The van der Waals surface area contributed by atoms with Crippen LogP contribution in [0.25, 0.3) is 0 Å². The maximum absolute atomic E-state index is 12.8. The molecule has 0 fully saturated rings. The predicted octanol–water partition coefficient (Wildman–Crippen LogP) is 4.38. The molecule has 0 spiro atoms. The standard InChI is InChI=1S/C21H25NO2S/c1-3-4-17-22(18-9-8-12-20-10-6-5-7-11-20)25(23,24)21-15-13-19(2)14-16-21/h5-7,10-11,13-16H,3-4,8,12,17H2,1-2H3. The number of benzene rings is 2. The fourth-order valence-electron chi connectivity index (χ4n) is 2.37. The Hall–Kier alpha value is -2.25. The zero-order valence-electron chi connectivity index (χ0n) is 14.9. The van der Waals surface area contributed by atoms with E-state index < -0.39 is 10.0 Å². The fraction of sp³-hybridized carbons (Fsp3) is 0.333. The van der Waals surface area contributed by atoms with Gasteiger partial charge in [0.05, 0.1) is 4.90 Å². The van der Waals surface area contributed by atoms with E-state index in [-0.39, 0.29) is 0 Å². The number of hydrogen-bond donors (Lipinski definition) is 0. The van der Waals surface area contributed by atoms with E-state index in [1.165, 1.54) is 9.87 Å². The van der Waals surface area contributed by atoms with Crippen LogP contribution in [0.15, 0.2) is 59.5 Å². The van der Waals surface area contributed by atoms with Crippen LogP contribution >= 0.6 is 0 Å². The predicted molar refractivity (Wildman–Crippen MR) is 103 cm³/mol. The van der Waals surface area contributed by atoms with Crippen molar-refractivity contribution in [1.82, 2.24) is 4.31 Å². The third-order valence-corrected chi connectivity index (χ3v) is 5.63. The molecule has 3 nitrogen and oxygen atoms in total. The Balaban J connectivity index is 2.12. The summed E-state index contributed by atoms with van der Waals surface area (Å²) in [4.78, 5) is 0.298. The van der Waals surface area contributed by atoms with Crippen molar-refractivity contribution in [2.24, 2.45) is 0 Å². The van der Waals surface area contributed by atoms with Crippen LogP contribution in [0.2, 0.25) is 0 Å². The average molecular weight is 356 g/mol. The molecule has 0 radical (unpaired) electrons. The molecule has 0 heterocycles. The minimum absolute atomic E-state index is 0.298. The number of hydrogen-bond acceptors (Lipinski definition) is 2. The maximum atomic E-state index is 12.8. The lowest BCUT2D eigenvalue weighted by molar-refractivity contribution is 0.499. The molecular formula is C21H25NO2S. The molecule has 132 valence electrons. The first-order chi connectivity index (χ1) is 12.0. The number of sulfonamides is 1. The summed E-state index contributed by atoms with van der Waals surface area (Å²) in [6.45, 7) is 4.40. The van der Waals surface area contributed by atoms with Crippen LogP contribution in [0.5, 0.6) is 0 Å². The average Bonchev–Trinajstić information content (AvgIpc) is 2.62. The third kappa shape index (κ3) is 5.65. The Kier molecular flexibility index (Phi) is 7.09. The Labute approximate surface area is 151 Å². The van der Waals surface area contributed by atoms with Crippen LogP contribution in [0.3, 0.4) is 0 Å². The minimum Gasteiger partial charge on any atom is -0.224 e. The van der Waals surface area contributed by atoms with Gasteiger partial charge in [0.2, 0.25) is 0 Å². The molecule has 0 saturated heterocycles. The minimum atomic E-state index is -3.58. The molecule has 0 bridgehead atoms. The van der Waals surface area contributed by atoms with Gasteiger partial charge in [-0.1, -0.05) is 67.3 Å². The molecule has 2 aromatic rings. The van der Waals surface area contributed by atoms with Gasteiger partial charge in [-0.15, -0.1) is 0 Å². The van der Waals surface area contributed by atoms with Gasteiger partial charge in [-0.05, 0) is 37.5 Å². The summed E-state index contributed by atoms with van der Waals surface area (Å²) in [5.41, 5.74) is 2.24. The van der Waals surface area contributed by atoms with E-state index in [1.807, 2.05) is 44.2 Å². The molecule has 0 atom stereocenters. The van der Waals surface area contributed by atoms with Crippen LogP contribution in [0.4, 0.5) is 0 Å². The highest BCUT2D eigenvalue weighted by atomic mass is 32.2.